The lowest BCUT2D eigenvalue weighted by Crippen LogP contribution is -2.44. The van der Waals surface area contributed by atoms with Crippen molar-refractivity contribution in [2.45, 2.75) is 25.3 Å². The van der Waals surface area contributed by atoms with E-state index < -0.39 is 39.6 Å². The molecular formula is C10H16N2O6S. The van der Waals surface area contributed by atoms with Crippen LogP contribution in [-0.2, 0) is 24.2 Å². The van der Waals surface area contributed by atoms with Gasteiger partial charge in [-0.25, -0.2) is 13.2 Å². The van der Waals surface area contributed by atoms with E-state index in [0.29, 0.717) is 0 Å². The summed E-state index contributed by atoms with van der Waals surface area (Å²) in [4.78, 5) is 33.2. The Morgan fingerprint density at radius 3 is 2.42 bits per heavy atom. The topological polar surface area (TPSA) is 144 Å². The molecule has 0 spiro atoms. The highest BCUT2D eigenvalue weighted by atomic mass is 32.2. The molecule has 4 N–H and O–H groups in total. The van der Waals surface area contributed by atoms with Crippen molar-refractivity contribution < 1.29 is 27.9 Å². The van der Waals surface area contributed by atoms with Crippen LogP contribution in [0.25, 0.3) is 0 Å². The van der Waals surface area contributed by atoms with Crippen molar-refractivity contribution in [1.82, 2.24) is 5.32 Å². The summed E-state index contributed by atoms with van der Waals surface area (Å²) in [6.45, 7) is 0. The van der Waals surface area contributed by atoms with E-state index in [9.17, 15) is 22.8 Å². The predicted molar refractivity (Wildman–Crippen MR) is 64.8 cm³/mol. The molecule has 1 unspecified atom stereocenters. The highest BCUT2D eigenvalue weighted by Crippen LogP contribution is 2.18. The van der Waals surface area contributed by atoms with Gasteiger partial charge in [-0.2, -0.15) is 0 Å². The van der Waals surface area contributed by atoms with Crippen molar-refractivity contribution in [3.8, 4) is 0 Å². The van der Waals surface area contributed by atoms with E-state index in [0.717, 1.165) is 0 Å². The van der Waals surface area contributed by atoms with Crippen molar-refractivity contribution in [3.05, 3.63) is 0 Å². The van der Waals surface area contributed by atoms with Crippen LogP contribution in [0.1, 0.15) is 19.3 Å². The predicted octanol–water partition coefficient (Wildman–Crippen LogP) is -1.74. The molecule has 0 aromatic carbocycles. The van der Waals surface area contributed by atoms with Gasteiger partial charge in [-0.15, -0.1) is 0 Å². The monoisotopic (exact) mass is 292 g/mol. The van der Waals surface area contributed by atoms with Gasteiger partial charge in [0.15, 0.2) is 9.84 Å². The van der Waals surface area contributed by atoms with Crippen molar-refractivity contribution in [3.63, 3.8) is 0 Å². The van der Waals surface area contributed by atoms with Gasteiger partial charge in [-0.05, 0) is 12.8 Å². The molecular weight excluding hydrogens is 276 g/mol. The molecule has 0 saturated carbocycles. The highest BCUT2D eigenvalue weighted by molar-refractivity contribution is 7.91. The second-order valence-electron chi connectivity index (χ2n) is 4.50. The normalized spacial score (nSPS) is 22.6. The number of amides is 2. The molecule has 9 heteroatoms. The molecule has 0 aliphatic carbocycles. The van der Waals surface area contributed by atoms with Gasteiger partial charge in [0, 0.05) is 6.42 Å². The van der Waals surface area contributed by atoms with Crippen LogP contribution >= 0.6 is 0 Å². The maximum Gasteiger partial charge on any atom is 0.326 e. The van der Waals surface area contributed by atoms with E-state index in [1.54, 1.807) is 0 Å². The lowest BCUT2D eigenvalue weighted by Gasteiger charge is -2.16. The number of carboxylic acid groups (broad SMARTS) is 1. The third kappa shape index (κ3) is 4.86. The SMILES string of the molecule is NC(=O)CC[C@H](NC(=O)C1CCS(=O)(=O)C1)C(=O)O. The van der Waals surface area contributed by atoms with E-state index in [1.165, 1.54) is 0 Å². The average Bonchev–Trinajstić information content (AvgIpc) is 2.64. The second-order valence-corrected chi connectivity index (χ2v) is 6.73. The van der Waals surface area contributed by atoms with Crippen LogP contribution in [-0.4, -0.2) is 48.9 Å². The number of hydrogen-bond donors (Lipinski definition) is 3. The van der Waals surface area contributed by atoms with E-state index in [2.05, 4.69) is 5.32 Å². The number of nitrogens with one attached hydrogen (secondary N) is 1. The Kier molecular flexibility index (Phi) is 4.87. The van der Waals surface area contributed by atoms with Gasteiger partial charge in [-0.3, -0.25) is 9.59 Å². The van der Waals surface area contributed by atoms with Gasteiger partial charge in [0.05, 0.1) is 17.4 Å². The fourth-order valence-electron chi connectivity index (χ4n) is 1.84. The lowest BCUT2D eigenvalue weighted by atomic mass is 10.1. The molecule has 1 heterocycles. The summed E-state index contributed by atoms with van der Waals surface area (Å²) in [5.74, 6) is -3.61. The van der Waals surface area contributed by atoms with Crippen LogP contribution in [0, 0.1) is 5.92 Å². The summed E-state index contributed by atoms with van der Waals surface area (Å²) in [7, 11) is -3.20. The molecule has 0 radical (unpaired) electrons. The second kappa shape index (κ2) is 6.00. The maximum absolute atomic E-state index is 11.7. The first kappa shape index (κ1) is 15.4. The molecule has 1 saturated heterocycles. The zero-order chi connectivity index (χ0) is 14.6. The lowest BCUT2D eigenvalue weighted by molar-refractivity contribution is -0.142. The number of rotatable bonds is 6. The molecule has 108 valence electrons. The maximum atomic E-state index is 11.7. The van der Waals surface area contributed by atoms with Gasteiger partial charge in [0.25, 0.3) is 0 Å². The Morgan fingerprint density at radius 1 is 1.37 bits per heavy atom. The summed E-state index contributed by atoms with van der Waals surface area (Å²) >= 11 is 0. The third-order valence-electron chi connectivity index (χ3n) is 2.90. The Hall–Kier alpha value is -1.64. The van der Waals surface area contributed by atoms with E-state index in [1.807, 2.05) is 0 Å². The largest absolute Gasteiger partial charge is 0.480 e. The Bertz CT molecular complexity index is 486. The smallest absolute Gasteiger partial charge is 0.326 e. The van der Waals surface area contributed by atoms with Crippen LogP contribution < -0.4 is 11.1 Å². The summed E-state index contributed by atoms with van der Waals surface area (Å²) in [6.07, 6.45) is -0.0909. The molecule has 8 nitrogen and oxygen atoms in total. The van der Waals surface area contributed by atoms with Gasteiger partial charge in [-0.1, -0.05) is 0 Å². The summed E-state index contributed by atoms with van der Waals surface area (Å²) in [5, 5.41) is 11.1. The molecule has 1 rings (SSSR count). The summed E-state index contributed by atoms with van der Waals surface area (Å²) < 4.78 is 22.4. The molecule has 1 aliphatic heterocycles. The first-order chi connectivity index (χ1) is 8.71. The van der Waals surface area contributed by atoms with E-state index in [4.69, 9.17) is 10.8 Å². The minimum absolute atomic E-state index is 0.0654. The zero-order valence-electron chi connectivity index (χ0n) is 10.2. The van der Waals surface area contributed by atoms with Gasteiger partial charge < -0.3 is 16.2 Å². The first-order valence-corrected chi connectivity index (χ1v) is 7.55. The Morgan fingerprint density at radius 2 is 2.00 bits per heavy atom. The summed E-state index contributed by atoms with van der Waals surface area (Å²) in [5.41, 5.74) is 4.91. The van der Waals surface area contributed by atoms with Crippen molar-refractivity contribution in [2.24, 2.45) is 11.7 Å². The molecule has 2 amide bonds. The molecule has 0 aromatic heterocycles. The zero-order valence-corrected chi connectivity index (χ0v) is 11.0. The number of carboxylic acids is 1. The third-order valence-corrected chi connectivity index (χ3v) is 4.67. The van der Waals surface area contributed by atoms with Crippen LogP contribution in [0.4, 0.5) is 0 Å². The number of aliphatic carboxylic acids is 1. The molecule has 19 heavy (non-hydrogen) atoms. The Balaban J connectivity index is 2.57. The highest BCUT2D eigenvalue weighted by Gasteiger charge is 2.34. The number of hydrogen-bond acceptors (Lipinski definition) is 5. The van der Waals surface area contributed by atoms with Gasteiger partial charge in [0.1, 0.15) is 6.04 Å². The fourth-order valence-corrected chi connectivity index (χ4v) is 3.58. The molecule has 0 aromatic rings. The molecule has 1 aliphatic rings. The standard InChI is InChI=1S/C10H16N2O6S/c11-8(13)2-1-7(10(15)16)12-9(14)6-3-4-19(17,18)5-6/h6-7H,1-5H2,(H2,11,13)(H,12,14)(H,15,16)/t6?,7-/m0/s1. The minimum Gasteiger partial charge on any atom is -0.480 e. The van der Waals surface area contributed by atoms with Crippen LogP contribution in [0.5, 0.6) is 0 Å². The molecule has 0 bridgehead atoms. The molecule has 1 fully saturated rings. The number of carbonyl (C=O) groups is 3. The van der Waals surface area contributed by atoms with Crippen LogP contribution in [0.2, 0.25) is 0 Å². The molecule has 2 atom stereocenters. The Labute approximate surface area is 110 Å². The van der Waals surface area contributed by atoms with Crippen LogP contribution in [0.15, 0.2) is 0 Å². The van der Waals surface area contributed by atoms with E-state index >= 15 is 0 Å². The quantitative estimate of drug-likeness (QED) is 0.530. The minimum atomic E-state index is -3.20. The fraction of sp³-hybridized carbons (Fsp3) is 0.700. The van der Waals surface area contributed by atoms with Crippen molar-refractivity contribution >= 4 is 27.6 Å². The van der Waals surface area contributed by atoms with E-state index in [-0.39, 0.29) is 30.8 Å². The number of sulfone groups is 1. The van der Waals surface area contributed by atoms with Gasteiger partial charge in [0.2, 0.25) is 11.8 Å². The van der Waals surface area contributed by atoms with Crippen molar-refractivity contribution in [1.29, 1.82) is 0 Å². The first-order valence-electron chi connectivity index (χ1n) is 5.73. The number of nitrogens with two attached hydrogens (primary N) is 1. The summed E-state index contributed by atoms with van der Waals surface area (Å²) in [6, 6.07) is -1.23. The van der Waals surface area contributed by atoms with Crippen LogP contribution in [0.3, 0.4) is 0 Å². The number of primary amides is 1. The van der Waals surface area contributed by atoms with Crippen molar-refractivity contribution in [2.75, 3.05) is 11.5 Å². The number of carbonyl (C=O) groups excluding carboxylic acids is 2. The average molecular weight is 292 g/mol. The van der Waals surface area contributed by atoms with Gasteiger partial charge >= 0.3 is 5.97 Å².